The lowest BCUT2D eigenvalue weighted by Crippen LogP contribution is -2.19. The average molecular weight is 366 g/mol. The van der Waals surface area contributed by atoms with Crippen LogP contribution in [0.2, 0.25) is 0 Å². The van der Waals surface area contributed by atoms with Gasteiger partial charge in [-0.2, -0.15) is 0 Å². The van der Waals surface area contributed by atoms with E-state index < -0.39 is 12.1 Å². The first-order valence-corrected chi connectivity index (χ1v) is 8.56. The Hall–Kier alpha value is -3.19. The highest BCUT2D eigenvalue weighted by atomic mass is 16.5. The van der Waals surface area contributed by atoms with Crippen molar-refractivity contribution in [3.63, 3.8) is 0 Å². The van der Waals surface area contributed by atoms with Gasteiger partial charge in [-0.3, -0.25) is 10.3 Å². The lowest BCUT2D eigenvalue weighted by molar-refractivity contribution is 0.220. The van der Waals surface area contributed by atoms with Gasteiger partial charge < -0.3 is 14.9 Å². The minimum absolute atomic E-state index is 0.186. The molecule has 0 spiro atoms. The molecule has 3 aromatic rings. The smallest absolute Gasteiger partial charge is 0.324 e. The molecule has 0 aliphatic carbocycles. The van der Waals surface area contributed by atoms with Crippen molar-refractivity contribution in [2.24, 2.45) is 0 Å². The summed E-state index contributed by atoms with van der Waals surface area (Å²) in [6.45, 7) is 6.00. The zero-order valence-corrected chi connectivity index (χ0v) is 15.4. The number of hydrogen-bond acceptors (Lipinski definition) is 5. The number of carbonyl (C=O) groups excluding carboxylic acids is 1. The molecule has 0 aliphatic heterocycles. The van der Waals surface area contributed by atoms with Crippen LogP contribution in [0.3, 0.4) is 0 Å². The molecule has 1 unspecified atom stereocenters. The summed E-state index contributed by atoms with van der Waals surface area (Å²) >= 11 is 0. The predicted molar refractivity (Wildman–Crippen MR) is 103 cm³/mol. The molecule has 2 aromatic heterocycles. The average Bonchev–Trinajstić information content (AvgIpc) is 3.11. The SMILES string of the molecule is CC(C)(C)c1cc(NC(=O)Nc2ccc(C(O)c3ccncc3)cc2)no1. The van der Waals surface area contributed by atoms with Crippen molar-refractivity contribution in [1.29, 1.82) is 0 Å². The summed E-state index contributed by atoms with van der Waals surface area (Å²) in [5.41, 5.74) is 1.88. The monoisotopic (exact) mass is 366 g/mol. The van der Waals surface area contributed by atoms with Crippen molar-refractivity contribution >= 4 is 17.5 Å². The van der Waals surface area contributed by atoms with Gasteiger partial charge in [0.1, 0.15) is 11.9 Å². The zero-order chi connectivity index (χ0) is 19.4. The lowest BCUT2D eigenvalue weighted by atomic mass is 9.93. The highest BCUT2D eigenvalue weighted by molar-refractivity contribution is 5.99. The first-order chi connectivity index (χ1) is 12.8. The molecule has 0 saturated heterocycles. The second-order valence-corrected chi connectivity index (χ2v) is 7.21. The van der Waals surface area contributed by atoms with Crippen molar-refractivity contribution in [3.05, 3.63) is 71.7 Å². The van der Waals surface area contributed by atoms with Crippen LogP contribution in [0.4, 0.5) is 16.3 Å². The zero-order valence-electron chi connectivity index (χ0n) is 15.4. The molecule has 1 aromatic carbocycles. The van der Waals surface area contributed by atoms with Crippen molar-refractivity contribution in [2.75, 3.05) is 10.6 Å². The fraction of sp³-hybridized carbons (Fsp3) is 0.250. The number of nitrogens with zero attached hydrogens (tertiary/aromatic N) is 2. The van der Waals surface area contributed by atoms with Crippen LogP contribution in [-0.2, 0) is 5.41 Å². The van der Waals surface area contributed by atoms with Crippen LogP contribution in [0.15, 0.2) is 59.4 Å². The first-order valence-electron chi connectivity index (χ1n) is 8.56. The Morgan fingerprint density at radius 3 is 2.26 bits per heavy atom. The van der Waals surface area contributed by atoms with Gasteiger partial charge in [0.2, 0.25) is 0 Å². The number of pyridine rings is 1. The molecule has 0 aliphatic rings. The van der Waals surface area contributed by atoms with E-state index in [1.165, 1.54) is 0 Å². The minimum Gasteiger partial charge on any atom is -0.384 e. The molecule has 0 bridgehead atoms. The Labute approximate surface area is 157 Å². The molecule has 1 atom stereocenters. The third kappa shape index (κ3) is 4.71. The van der Waals surface area contributed by atoms with E-state index >= 15 is 0 Å². The number of anilines is 2. The molecule has 0 radical (unpaired) electrons. The molecule has 140 valence electrons. The number of amides is 2. The lowest BCUT2D eigenvalue weighted by Gasteiger charge is -2.12. The van der Waals surface area contributed by atoms with Gasteiger partial charge in [-0.25, -0.2) is 4.79 Å². The van der Waals surface area contributed by atoms with Gasteiger partial charge in [0.15, 0.2) is 5.82 Å². The van der Waals surface area contributed by atoms with Gasteiger partial charge in [0, 0.05) is 29.6 Å². The number of aliphatic hydroxyl groups is 1. The van der Waals surface area contributed by atoms with Crippen molar-refractivity contribution in [3.8, 4) is 0 Å². The standard InChI is InChI=1S/C20H22N4O3/c1-20(2,3)16-12-17(24-27-16)23-19(26)22-15-6-4-13(5-7-15)18(25)14-8-10-21-11-9-14/h4-12,18,25H,1-3H3,(H2,22,23,24,26). The molecule has 7 nitrogen and oxygen atoms in total. The number of hydrogen-bond donors (Lipinski definition) is 3. The topological polar surface area (TPSA) is 100 Å². The summed E-state index contributed by atoms with van der Waals surface area (Å²) in [6.07, 6.45) is 2.52. The molecule has 7 heteroatoms. The third-order valence-corrected chi connectivity index (χ3v) is 4.00. The molecule has 27 heavy (non-hydrogen) atoms. The van der Waals surface area contributed by atoms with E-state index in [-0.39, 0.29) is 5.41 Å². The van der Waals surface area contributed by atoms with E-state index in [2.05, 4.69) is 20.8 Å². The predicted octanol–water partition coefficient (Wildman–Crippen LogP) is 4.09. The highest BCUT2D eigenvalue weighted by Gasteiger charge is 2.20. The Morgan fingerprint density at radius 2 is 1.67 bits per heavy atom. The largest absolute Gasteiger partial charge is 0.384 e. The Morgan fingerprint density at radius 1 is 1.04 bits per heavy atom. The molecule has 0 fully saturated rings. The Balaban J connectivity index is 1.61. The van der Waals surface area contributed by atoms with Crippen molar-refractivity contribution in [2.45, 2.75) is 32.3 Å². The van der Waals surface area contributed by atoms with E-state index in [1.54, 1.807) is 54.9 Å². The van der Waals surface area contributed by atoms with Crippen LogP contribution >= 0.6 is 0 Å². The van der Waals surface area contributed by atoms with Crippen LogP contribution in [0.5, 0.6) is 0 Å². The number of carbonyl (C=O) groups is 1. The van der Waals surface area contributed by atoms with Crippen LogP contribution in [0, 0.1) is 0 Å². The summed E-state index contributed by atoms with van der Waals surface area (Å²) in [6, 6.07) is 11.8. The van der Waals surface area contributed by atoms with Gasteiger partial charge in [0.05, 0.1) is 0 Å². The fourth-order valence-corrected chi connectivity index (χ4v) is 2.45. The molecule has 2 heterocycles. The number of aliphatic hydroxyl groups excluding tert-OH is 1. The van der Waals surface area contributed by atoms with E-state index in [1.807, 2.05) is 20.8 Å². The van der Waals surface area contributed by atoms with Crippen LogP contribution < -0.4 is 10.6 Å². The fourth-order valence-electron chi connectivity index (χ4n) is 2.45. The summed E-state index contributed by atoms with van der Waals surface area (Å²) in [5.74, 6) is 1.04. The second kappa shape index (κ2) is 7.59. The minimum atomic E-state index is -0.748. The maximum Gasteiger partial charge on any atom is 0.324 e. The molecular weight excluding hydrogens is 344 g/mol. The maximum atomic E-state index is 12.1. The highest BCUT2D eigenvalue weighted by Crippen LogP contribution is 2.25. The van der Waals surface area contributed by atoms with E-state index in [9.17, 15) is 9.90 Å². The summed E-state index contributed by atoms with van der Waals surface area (Å²) in [4.78, 5) is 16.1. The first kappa shape index (κ1) is 18.6. The van der Waals surface area contributed by atoms with E-state index in [0.717, 1.165) is 11.1 Å². The summed E-state index contributed by atoms with van der Waals surface area (Å²) in [5, 5.41) is 19.6. The van der Waals surface area contributed by atoms with Gasteiger partial charge >= 0.3 is 6.03 Å². The molecule has 2 amide bonds. The Kier molecular flexibility index (Phi) is 5.23. The number of rotatable bonds is 4. The molecular formula is C20H22N4O3. The number of nitrogens with one attached hydrogen (secondary N) is 2. The van der Waals surface area contributed by atoms with Crippen LogP contribution in [0.25, 0.3) is 0 Å². The van der Waals surface area contributed by atoms with E-state index in [4.69, 9.17) is 4.52 Å². The third-order valence-electron chi connectivity index (χ3n) is 4.00. The van der Waals surface area contributed by atoms with Gasteiger partial charge in [-0.05, 0) is 35.4 Å². The quantitative estimate of drug-likeness (QED) is 0.646. The van der Waals surface area contributed by atoms with Crippen LogP contribution in [-0.4, -0.2) is 21.3 Å². The molecule has 3 rings (SSSR count). The van der Waals surface area contributed by atoms with Crippen molar-refractivity contribution in [1.82, 2.24) is 10.1 Å². The van der Waals surface area contributed by atoms with Crippen LogP contribution in [0.1, 0.15) is 43.8 Å². The number of urea groups is 1. The van der Waals surface area contributed by atoms with Gasteiger partial charge in [-0.1, -0.05) is 38.1 Å². The normalized spacial score (nSPS) is 12.4. The maximum absolute atomic E-state index is 12.1. The van der Waals surface area contributed by atoms with Gasteiger partial charge in [0.25, 0.3) is 0 Å². The molecule has 3 N–H and O–H groups in total. The summed E-state index contributed by atoms with van der Waals surface area (Å²) in [7, 11) is 0. The number of aromatic nitrogens is 2. The number of benzene rings is 1. The van der Waals surface area contributed by atoms with Crippen molar-refractivity contribution < 1.29 is 14.4 Å². The Bertz CT molecular complexity index is 899. The second-order valence-electron chi connectivity index (χ2n) is 7.21. The molecule has 0 saturated carbocycles. The van der Waals surface area contributed by atoms with Gasteiger partial charge in [-0.15, -0.1) is 0 Å². The summed E-state index contributed by atoms with van der Waals surface area (Å²) < 4.78 is 5.24. The van der Waals surface area contributed by atoms with E-state index in [0.29, 0.717) is 17.3 Å².